The van der Waals surface area contributed by atoms with Gasteiger partial charge in [-0.05, 0) is 43.3 Å². The number of rotatable bonds is 6. The van der Waals surface area contributed by atoms with Crippen molar-refractivity contribution in [1.82, 2.24) is 0 Å². The molecular weight excluding hydrogens is 304 g/mol. The van der Waals surface area contributed by atoms with Crippen LogP contribution in [-0.2, 0) is 9.53 Å². The molecule has 2 aromatic rings. The number of carbonyl (C=O) groups is 2. The van der Waals surface area contributed by atoms with Crippen LogP contribution < -0.4 is 4.74 Å². The summed E-state index contributed by atoms with van der Waals surface area (Å²) in [6.07, 6.45) is -0.791. The number of hydrogen-bond donors (Lipinski definition) is 0. The van der Waals surface area contributed by atoms with Gasteiger partial charge < -0.3 is 9.47 Å². The molecule has 5 heteroatoms. The van der Waals surface area contributed by atoms with Crippen molar-refractivity contribution in [3.8, 4) is 5.75 Å². The number of halogens is 1. The average molecular weight is 319 g/mol. The number of ether oxygens (including phenoxy) is 2. The summed E-state index contributed by atoms with van der Waals surface area (Å²) in [7, 11) is 0. The first-order valence-corrected chi connectivity index (χ1v) is 7.11. The lowest BCUT2D eigenvalue weighted by Crippen LogP contribution is -2.28. The Balaban J connectivity index is 1.84. The number of Topliss-reactive ketones (excluding diaryl/α,β-unsaturated/α-hetero) is 1. The maximum atomic E-state index is 11.9. The fourth-order valence-electron chi connectivity index (χ4n) is 1.72. The molecule has 4 nitrogen and oxygen atoms in total. The molecule has 0 heterocycles. The van der Waals surface area contributed by atoms with Crippen molar-refractivity contribution in [2.45, 2.75) is 13.0 Å². The molecule has 0 unspecified atom stereocenters. The Morgan fingerprint density at radius 1 is 1.05 bits per heavy atom. The minimum atomic E-state index is -0.791. The van der Waals surface area contributed by atoms with Crippen LogP contribution in [0.15, 0.2) is 54.6 Å². The molecule has 0 aliphatic carbocycles. The van der Waals surface area contributed by atoms with E-state index in [-0.39, 0.29) is 12.4 Å². The van der Waals surface area contributed by atoms with Crippen LogP contribution in [0, 0.1) is 0 Å². The van der Waals surface area contributed by atoms with E-state index in [4.69, 9.17) is 21.1 Å². The topological polar surface area (TPSA) is 52.6 Å². The van der Waals surface area contributed by atoms with Crippen molar-refractivity contribution >= 4 is 23.4 Å². The number of benzene rings is 2. The van der Waals surface area contributed by atoms with E-state index in [1.54, 1.807) is 55.5 Å². The maximum absolute atomic E-state index is 11.9. The molecule has 0 aromatic heterocycles. The first-order valence-electron chi connectivity index (χ1n) is 6.73. The molecule has 0 N–H and O–H groups in total. The molecule has 0 spiro atoms. The van der Waals surface area contributed by atoms with Gasteiger partial charge in [0.1, 0.15) is 5.75 Å². The van der Waals surface area contributed by atoms with Crippen LogP contribution in [0.25, 0.3) is 0 Å². The van der Waals surface area contributed by atoms with Gasteiger partial charge in [0.25, 0.3) is 0 Å². The van der Waals surface area contributed by atoms with Crippen LogP contribution in [0.2, 0.25) is 5.02 Å². The smallest absolute Gasteiger partial charge is 0.347 e. The largest absolute Gasteiger partial charge is 0.479 e. The summed E-state index contributed by atoms with van der Waals surface area (Å²) in [5.74, 6) is -0.320. The first kappa shape index (κ1) is 16.0. The first-order chi connectivity index (χ1) is 10.6. The lowest BCUT2D eigenvalue weighted by atomic mass is 10.1. The number of para-hydroxylation sites is 1. The molecule has 0 aliphatic rings. The predicted molar refractivity (Wildman–Crippen MR) is 83.3 cm³/mol. The van der Waals surface area contributed by atoms with E-state index in [1.807, 2.05) is 6.07 Å². The summed E-state index contributed by atoms with van der Waals surface area (Å²) in [5, 5.41) is 0.540. The zero-order chi connectivity index (χ0) is 15.9. The van der Waals surface area contributed by atoms with Gasteiger partial charge in [0, 0.05) is 10.6 Å². The molecule has 22 heavy (non-hydrogen) atoms. The van der Waals surface area contributed by atoms with Crippen molar-refractivity contribution in [3.05, 3.63) is 65.2 Å². The van der Waals surface area contributed by atoms with Gasteiger partial charge in [-0.25, -0.2) is 4.79 Å². The third kappa shape index (κ3) is 4.60. The van der Waals surface area contributed by atoms with Crippen molar-refractivity contribution in [1.29, 1.82) is 0 Å². The minimum Gasteiger partial charge on any atom is -0.479 e. The van der Waals surface area contributed by atoms with Crippen LogP contribution in [0.1, 0.15) is 17.3 Å². The number of carbonyl (C=O) groups excluding carboxylic acids is 2. The van der Waals surface area contributed by atoms with Crippen molar-refractivity contribution in [3.63, 3.8) is 0 Å². The zero-order valence-electron chi connectivity index (χ0n) is 12.0. The molecule has 0 saturated heterocycles. The van der Waals surface area contributed by atoms with Crippen molar-refractivity contribution in [2.75, 3.05) is 6.61 Å². The zero-order valence-corrected chi connectivity index (χ0v) is 12.7. The highest BCUT2D eigenvalue weighted by atomic mass is 35.5. The van der Waals surface area contributed by atoms with Gasteiger partial charge in [0.15, 0.2) is 18.5 Å². The second-order valence-electron chi connectivity index (χ2n) is 4.61. The summed E-state index contributed by atoms with van der Waals surface area (Å²) in [6.45, 7) is 1.24. The molecule has 2 aromatic carbocycles. The van der Waals surface area contributed by atoms with Crippen LogP contribution in [-0.4, -0.2) is 24.5 Å². The lowest BCUT2D eigenvalue weighted by Gasteiger charge is -2.13. The summed E-state index contributed by atoms with van der Waals surface area (Å²) >= 11 is 5.75. The van der Waals surface area contributed by atoms with Gasteiger partial charge in [0.2, 0.25) is 0 Å². The highest BCUT2D eigenvalue weighted by Gasteiger charge is 2.18. The van der Waals surface area contributed by atoms with E-state index >= 15 is 0 Å². The fourth-order valence-corrected chi connectivity index (χ4v) is 1.85. The van der Waals surface area contributed by atoms with Gasteiger partial charge in [-0.15, -0.1) is 0 Å². The van der Waals surface area contributed by atoms with Gasteiger partial charge in [0.05, 0.1) is 0 Å². The second kappa shape index (κ2) is 7.61. The SMILES string of the molecule is C[C@H](Oc1ccccc1)C(=O)OCC(=O)c1ccc(Cl)cc1. The molecule has 0 amide bonds. The molecule has 0 fully saturated rings. The maximum Gasteiger partial charge on any atom is 0.347 e. The van der Waals surface area contributed by atoms with Crippen molar-refractivity contribution in [2.24, 2.45) is 0 Å². The van der Waals surface area contributed by atoms with E-state index in [1.165, 1.54) is 0 Å². The predicted octanol–water partition coefficient (Wildman–Crippen LogP) is 3.53. The van der Waals surface area contributed by atoms with Gasteiger partial charge >= 0.3 is 5.97 Å². The van der Waals surface area contributed by atoms with E-state index in [2.05, 4.69) is 0 Å². The molecule has 0 aliphatic heterocycles. The quantitative estimate of drug-likeness (QED) is 0.604. The van der Waals surface area contributed by atoms with E-state index in [9.17, 15) is 9.59 Å². The summed E-state index contributed by atoms with van der Waals surface area (Å²) < 4.78 is 10.4. The van der Waals surface area contributed by atoms with Crippen LogP contribution in [0.4, 0.5) is 0 Å². The van der Waals surface area contributed by atoms with E-state index < -0.39 is 12.1 Å². The summed E-state index contributed by atoms with van der Waals surface area (Å²) in [5.41, 5.74) is 0.439. The molecule has 1 atom stereocenters. The van der Waals surface area contributed by atoms with E-state index in [0.717, 1.165) is 0 Å². The van der Waals surface area contributed by atoms with Gasteiger partial charge in [-0.3, -0.25) is 4.79 Å². The van der Waals surface area contributed by atoms with Crippen LogP contribution in [0.5, 0.6) is 5.75 Å². The molecule has 114 valence electrons. The third-order valence-electron chi connectivity index (χ3n) is 2.90. The molecular formula is C17H15ClO4. The molecule has 0 radical (unpaired) electrons. The Bertz CT molecular complexity index is 637. The minimum absolute atomic E-state index is 0.295. The number of ketones is 1. The van der Waals surface area contributed by atoms with E-state index in [0.29, 0.717) is 16.3 Å². The Labute approximate surface area is 133 Å². The standard InChI is InChI=1S/C17H15ClO4/c1-12(22-15-5-3-2-4-6-15)17(20)21-11-16(19)13-7-9-14(18)10-8-13/h2-10,12H,11H2,1H3/t12-/m0/s1. The van der Waals surface area contributed by atoms with Crippen LogP contribution >= 0.6 is 11.6 Å². The molecule has 2 rings (SSSR count). The highest BCUT2D eigenvalue weighted by Crippen LogP contribution is 2.12. The Morgan fingerprint density at radius 3 is 2.32 bits per heavy atom. The number of hydrogen-bond acceptors (Lipinski definition) is 4. The van der Waals surface area contributed by atoms with Crippen LogP contribution in [0.3, 0.4) is 0 Å². The summed E-state index contributed by atoms with van der Waals surface area (Å²) in [4.78, 5) is 23.7. The fraction of sp³-hybridized carbons (Fsp3) is 0.176. The Kier molecular flexibility index (Phi) is 5.55. The Hall–Kier alpha value is -2.33. The third-order valence-corrected chi connectivity index (χ3v) is 3.15. The summed E-state index contributed by atoms with van der Waals surface area (Å²) in [6, 6.07) is 15.3. The average Bonchev–Trinajstić information content (AvgIpc) is 2.53. The van der Waals surface area contributed by atoms with Gasteiger partial charge in [-0.1, -0.05) is 29.8 Å². The Morgan fingerprint density at radius 2 is 1.68 bits per heavy atom. The molecule has 0 saturated carbocycles. The monoisotopic (exact) mass is 318 g/mol. The number of esters is 1. The normalized spacial score (nSPS) is 11.5. The second-order valence-corrected chi connectivity index (χ2v) is 5.05. The lowest BCUT2D eigenvalue weighted by molar-refractivity contribution is -0.149. The van der Waals surface area contributed by atoms with Crippen molar-refractivity contribution < 1.29 is 19.1 Å². The van der Waals surface area contributed by atoms with Gasteiger partial charge in [-0.2, -0.15) is 0 Å². The molecule has 0 bridgehead atoms. The highest BCUT2D eigenvalue weighted by molar-refractivity contribution is 6.30.